The minimum absolute atomic E-state index is 0.0405. The molecule has 134 valence electrons. The van der Waals surface area contributed by atoms with Crippen molar-refractivity contribution >= 4 is 15.9 Å². The molecule has 0 radical (unpaired) electrons. The van der Waals surface area contributed by atoms with Crippen LogP contribution in [0, 0.1) is 5.92 Å². The van der Waals surface area contributed by atoms with Gasteiger partial charge in [0.2, 0.25) is 10.0 Å². The van der Waals surface area contributed by atoms with E-state index in [-0.39, 0.29) is 28.5 Å². The van der Waals surface area contributed by atoms with Gasteiger partial charge in [0.15, 0.2) is 5.60 Å². The molecule has 1 atom stereocenters. The molecule has 0 spiro atoms. The van der Waals surface area contributed by atoms with Crippen molar-refractivity contribution in [1.82, 2.24) is 4.72 Å². The highest BCUT2D eigenvalue weighted by Crippen LogP contribution is 2.30. The van der Waals surface area contributed by atoms with Gasteiger partial charge in [0.05, 0.1) is 4.90 Å². The second-order valence-electron chi connectivity index (χ2n) is 6.21. The Morgan fingerprint density at radius 3 is 2.28 bits per heavy atom. The molecule has 0 aliphatic rings. The van der Waals surface area contributed by atoms with Gasteiger partial charge in [-0.3, -0.25) is 4.79 Å². The molecule has 25 heavy (non-hydrogen) atoms. The highest BCUT2D eigenvalue weighted by atomic mass is 32.2. The fraction of sp³-hybridized carbons (Fsp3) is 0.278. The average Bonchev–Trinajstić information content (AvgIpc) is 2.60. The number of carbonyl (C=O) groups excluding carboxylic acids is 1. The second kappa shape index (κ2) is 7.35. The van der Waals surface area contributed by atoms with Gasteiger partial charge in [-0.05, 0) is 29.2 Å². The van der Waals surface area contributed by atoms with E-state index < -0.39 is 21.5 Å². The zero-order valence-corrected chi connectivity index (χ0v) is 15.0. The summed E-state index contributed by atoms with van der Waals surface area (Å²) in [5, 5.41) is 10.9. The van der Waals surface area contributed by atoms with Crippen LogP contribution in [0.2, 0.25) is 0 Å². The summed E-state index contributed by atoms with van der Waals surface area (Å²) in [6.07, 6.45) is 0. The normalized spacial score (nSPS) is 14.2. The number of hydrogen-bond donors (Lipinski definition) is 3. The van der Waals surface area contributed by atoms with Crippen LogP contribution in [0.25, 0.3) is 0 Å². The lowest BCUT2D eigenvalue weighted by Crippen LogP contribution is -2.42. The number of carbonyl (C=O) groups is 1. The van der Waals surface area contributed by atoms with Gasteiger partial charge in [-0.25, -0.2) is 13.1 Å². The first-order valence-electron chi connectivity index (χ1n) is 7.86. The van der Waals surface area contributed by atoms with E-state index in [1.54, 1.807) is 30.3 Å². The van der Waals surface area contributed by atoms with E-state index in [9.17, 15) is 18.3 Å². The molecule has 2 rings (SSSR count). The molecular formula is C18H22N2O4S. The number of primary amides is 1. The average molecular weight is 362 g/mol. The summed E-state index contributed by atoms with van der Waals surface area (Å²) in [5.74, 6) is -0.840. The molecule has 1 amide bonds. The molecule has 0 aliphatic heterocycles. The smallest absolute Gasteiger partial charge is 0.258 e. The maximum atomic E-state index is 12.4. The molecule has 0 saturated carbocycles. The van der Waals surface area contributed by atoms with Crippen molar-refractivity contribution in [3.05, 3.63) is 65.7 Å². The van der Waals surface area contributed by atoms with Crippen molar-refractivity contribution in [2.75, 3.05) is 6.54 Å². The molecule has 2 aromatic rings. The van der Waals surface area contributed by atoms with Crippen LogP contribution < -0.4 is 10.5 Å². The predicted octanol–water partition coefficient (Wildman–Crippen LogP) is 1.34. The summed E-state index contributed by atoms with van der Waals surface area (Å²) in [7, 11) is -3.76. The number of aliphatic hydroxyl groups is 1. The highest BCUT2D eigenvalue weighted by Gasteiger charge is 2.38. The van der Waals surface area contributed by atoms with E-state index in [0.717, 1.165) is 0 Å². The van der Waals surface area contributed by atoms with Gasteiger partial charge >= 0.3 is 0 Å². The minimum Gasteiger partial charge on any atom is -0.372 e. The van der Waals surface area contributed by atoms with E-state index >= 15 is 0 Å². The molecule has 2 aromatic carbocycles. The largest absolute Gasteiger partial charge is 0.372 e. The van der Waals surface area contributed by atoms with E-state index in [1.807, 2.05) is 13.8 Å². The Labute approximate surface area is 147 Å². The maximum Gasteiger partial charge on any atom is 0.258 e. The van der Waals surface area contributed by atoms with E-state index in [0.29, 0.717) is 0 Å². The number of benzene rings is 2. The highest BCUT2D eigenvalue weighted by molar-refractivity contribution is 7.89. The number of amides is 1. The Bertz CT molecular complexity index is 850. The number of nitrogens with one attached hydrogen (secondary N) is 1. The second-order valence-corrected chi connectivity index (χ2v) is 7.98. The van der Waals surface area contributed by atoms with Gasteiger partial charge in [0, 0.05) is 6.54 Å². The SMILES string of the molecule is CC(C)CNS(=O)(=O)c1cccc(C(O)(C(N)=O)c2ccccc2)c1. The Morgan fingerprint density at radius 2 is 1.72 bits per heavy atom. The molecule has 0 saturated heterocycles. The molecular weight excluding hydrogens is 340 g/mol. The molecule has 0 heterocycles. The van der Waals surface area contributed by atoms with Crippen molar-refractivity contribution in [3.63, 3.8) is 0 Å². The van der Waals surface area contributed by atoms with Crippen LogP contribution in [-0.2, 0) is 20.4 Å². The zero-order chi connectivity index (χ0) is 18.7. The molecule has 0 bridgehead atoms. The number of sulfonamides is 1. The Balaban J connectivity index is 2.51. The predicted molar refractivity (Wildman–Crippen MR) is 95.1 cm³/mol. The first kappa shape index (κ1) is 19.1. The van der Waals surface area contributed by atoms with Crippen LogP contribution >= 0.6 is 0 Å². The number of rotatable bonds is 7. The first-order valence-corrected chi connectivity index (χ1v) is 9.34. The van der Waals surface area contributed by atoms with Crippen molar-refractivity contribution in [3.8, 4) is 0 Å². The quantitative estimate of drug-likeness (QED) is 0.690. The summed E-state index contributed by atoms with van der Waals surface area (Å²) in [6, 6.07) is 13.8. The molecule has 0 fully saturated rings. The van der Waals surface area contributed by atoms with Crippen molar-refractivity contribution in [1.29, 1.82) is 0 Å². The number of hydrogen-bond acceptors (Lipinski definition) is 4. The Kier molecular flexibility index (Phi) is 5.62. The van der Waals surface area contributed by atoms with Crippen LogP contribution in [0.15, 0.2) is 59.5 Å². The lowest BCUT2D eigenvalue weighted by Gasteiger charge is -2.26. The lowest BCUT2D eigenvalue weighted by molar-refractivity contribution is -0.133. The summed E-state index contributed by atoms with van der Waals surface area (Å²) in [4.78, 5) is 12.0. The third-order valence-corrected chi connectivity index (χ3v) is 5.21. The Morgan fingerprint density at radius 1 is 1.12 bits per heavy atom. The third-order valence-electron chi connectivity index (χ3n) is 3.79. The summed E-state index contributed by atoms with van der Waals surface area (Å²) in [5.41, 5.74) is 3.68. The topological polar surface area (TPSA) is 109 Å². The number of nitrogens with two attached hydrogens (primary N) is 1. The van der Waals surface area contributed by atoms with Crippen LogP contribution in [0.3, 0.4) is 0 Å². The summed E-state index contributed by atoms with van der Waals surface area (Å²) in [6.45, 7) is 4.06. The van der Waals surface area contributed by atoms with Crippen molar-refractivity contribution in [2.45, 2.75) is 24.3 Å². The van der Waals surface area contributed by atoms with E-state index in [2.05, 4.69) is 4.72 Å². The standard InChI is InChI=1S/C18H22N2O4S/c1-13(2)12-20-25(23,24)16-10-6-9-15(11-16)18(22,17(19)21)14-7-4-3-5-8-14/h3-11,13,20,22H,12H2,1-2H3,(H2,19,21). The van der Waals surface area contributed by atoms with Gasteiger partial charge in [0.1, 0.15) is 0 Å². The van der Waals surface area contributed by atoms with Crippen LogP contribution in [-0.4, -0.2) is 26.0 Å². The van der Waals surface area contributed by atoms with Gasteiger partial charge in [0.25, 0.3) is 5.91 Å². The van der Waals surface area contributed by atoms with Gasteiger partial charge in [-0.1, -0.05) is 56.3 Å². The van der Waals surface area contributed by atoms with Crippen LogP contribution in [0.1, 0.15) is 25.0 Å². The van der Waals surface area contributed by atoms with Gasteiger partial charge in [-0.2, -0.15) is 0 Å². The fourth-order valence-corrected chi connectivity index (χ4v) is 3.64. The molecule has 7 heteroatoms. The molecule has 0 aromatic heterocycles. The molecule has 6 nitrogen and oxygen atoms in total. The lowest BCUT2D eigenvalue weighted by atomic mass is 9.86. The van der Waals surface area contributed by atoms with Crippen molar-refractivity contribution in [2.24, 2.45) is 11.7 Å². The van der Waals surface area contributed by atoms with E-state index in [4.69, 9.17) is 5.73 Å². The Hall–Kier alpha value is -2.22. The van der Waals surface area contributed by atoms with Crippen LogP contribution in [0.4, 0.5) is 0 Å². The maximum absolute atomic E-state index is 12.4. The fourth-order valence-electron chi connectivity index (χ4n) is 2.38. The first-order chi connectivity index (χ1) is 11.7. The minimum atomic E-state index is -3.76. The molecule has 0 aliphatic carbocycles. The zero-order valence-electron chi connectivity index (χ0n) is 14.1. The molecule has 1 unspecified atom stereocenters. The van der Waals surface area contributed by atoms with Gasteiger partial charge in [-0.15, -0.1) is 0 Å². The third kappa shape index (κ3) is 4.07. The monoisotopic (exact) mass is 362 g/mol. The van der Waals surface area contributed by atoms with Crippen molar-refractivity contribution < 1.29 is 18.3 Å². The molecule has 4 N–H and O–H groups in total. The van der Waals surface area contributed by atoms with Crippen LogP contribution in [0.5, 0.6) is 0 Å². The van der Waals surface area contributed by atoms with Gasteiger partial charge < -0.3 is 10.8 Å². The summed E-state index contributed by atoms with van der Waals surface area (Å²) >= 11 is 0. The van der Waals surface area contributed by atoms with E-state index in [1.165, 1.54) is 24.3 Å². The summed E-state index contributed by atoms with van der Waals surface area (Å²) < 4.78 is 27.3.